The predicted molar refractivity (Wildman–Crippen MR) is 152 cm³/mol. The maximum Gasteiger partial charge on any atom is 0.408 e. The number of nitrogens with one attached hydrogen (secondary N) is 3. The van der Waals surface area contributed by atoms with Gasteiger partial charge >= 0.3 is 6.09 Å². The van der Waals surface area contributed by atoms with Crippen LogP contribution in [-0.2, 0) is 32.3 Å². The van der Waals surface area contributed by atoms with E-state index in [-0.39, 0.29) is 31.3 Å². The first-order chi connectivity index (χ1) is 19.7. The Morgan fingerprint density at radius 1 is 1.00 bits per heavy atom. The largest absolute Gasteiger partial charge is 0.445 e. The zero-order chi connectivity index (χ0) is 29.8. The molecule has 1 aromatic carbocycles. The second-order valence-corrected chi connectivity index (χ2v) is 10.0. The molecule has 2 atom stereocenters. The first-order valence-corrected chi connectivity index (χ1v) is 13.7. The fourth-order valence-corrected chi connectivity index (χ4v) is 4.06. The number of carbonyl (C=O) groups is 4. The summed E-state index contributed by atoms with van der Waals surface area (Å²) in [6.07, 6.45) is 3.92. The SMILES string of the molecule is CCC(NC(=O)[C@H](CCC(C)C)NC(=O)OCc1ccccc1)C(=O)C(=O)NCCCn1cnc2c(N)ncnc21. The molecule has 1 unspecified atom stereocenters. The van der Waals surface area contributed by atoms with Crippen molar-refractivity contribution in [1.29, 1.82) is 0 Å². The zero-order valence-corrected chi connectivity index (χ0v) is 23.6. The van der Waals surface area contributed by atoms with Gasteiger partial charge < -0.3 is 31.0 Å². The zero-order valence-electron chi connectivity index (χ0n) is 23.6. The second-order valence-electron chi connectivity index (χ2n) is 10.0. The molecule has 3 aromatic rings. The molecule has 0 aliphatic heterocycles. The number of benzene rings is 1. The van der Waals surface area contributed by atoms with Gasteiger partial charge in [-0.2, -0.15) is 0 Å². The fourth-order valence-electron chi connectivity index (χ4n) is 4.06. The van der Waals surface area contributed by atoms with Crippen LogP contribution in [0, 0.1) is 5.92 Å². The number of Topliss-reactive ketones (excluding diaryl/α,β-unsaturated/α-hetero) is 1. The molecule has 41 heavy (non-hydrogen) atoms. The summed E-state index contributed by atoms with van der Waals surface area (Å²) in [5.41, 5.74) is 7.69. The van der Waals surface area contributed by atoms with Crippen LogP contribution >= 0.6 is 0 Å². The van der Waals surface area contributed by atoms with Gasteiger partial charge in [-0.3, -0.25) is 14.4 Å². The summed E-state index contributed by atoms with van der Waals surface area (Å²) >= 11 is 0. The van der Waals surface area contributed by atoms with Gasteiger partial charge in [-0.25, -0.2) is 19.7 Å². The van der Waals surface area contributed by atoms with E-state index in [0.29, 0.717) is 37.0 Å². The number of ketones is 1. The highest BCUT2D eigenvalue weighted by Crippen LogP contribution is 2.14. The average molecular weight is 567 g/mol. The lowest BCUT2D eigenvalue weighted by Crippen LogP contribution is -2.53. The van der Waals surface area contributed by atoms with Gasteiger partial charge in [0.1, 0.15) is 24.5 Å². The van der Waals surface area contributed by atoms with E-state index in [2.05, 4.69) is 30.9 Å². The van der Waals surface area contributed by atoms with E-state index in [9.17, 15) is 19.2 Å². The molecule has 3 amide bonds. The third kappa shape index (κ3) is 9.26. The van der Waals surface area contributed by atoms with Crippen LogP contribution < -0.4 is 21.7 Å². The van der Waals surface area contributed by atoms with Crippen LogP contribution in [0.5, 0.6) is 0 Å². The molecule has 0 aliphatic rings. The molecular formula is C28H38N8O5. The van der Waals surface area contributed by atoms with Gasteiger partial charge in [-0.05, 0) is 37.2 Å². The summed E-state index contributed by atoms with van der Waals surface area (Å²) in [5.74, 6) is -1.54. The van der Waals surface area contributed by atoms with Crippen molar-refractivity contribution in [1.82, 2.24) is 35.5 Å². The van der Waals surface area contributed by atoms with Crippen molar-refractivity contribution < 1.29 is 23.9 Å². The van der Waals surface area contributed by atoms with Crippen LogP contribution in [-0.4, -0.2) is 61.8 Å². The van der Waals surface area contributed by atoms with Gasteiger partial charge in [0.05, 0.1) is 12.4 Å². The van der Waals surface area contributed by atoms with Crippen molar-refractivity contribution in [2.45, 2.75) is 71.7 Å². The van der Waals surface area contributed by atoms with Crippen LogP contribution in [0.15, 0.2) is 43.0 Å². The molecule has 220 valence electrons. The number of alkyl carbamates (subject to hydrolysis) is 1. The number of imidazole rings is 1. The first kappa shape index (κ1) is 31.0. The maximum absolute atomic E-state index is 13.1. The standard InChI is InChI=1S/C28H38N8O5/c1-4-20(23(37)27(39)30-13-8-14-36-17-33-22-24(29)31-16-32-25(22)36)34-26(38)21(12-11-18(2)3)35-28(40)41-15-19-9-6-5-7-10-19/h5-7,9-10,16-18,20-21H,4,8,11-15H2,1-3H3,(H,30,39)(H,34,38)(H,35,40)(H2,29,31,32)/t20?,21-/m0/s1. The molecule has 0 aliphatic carbocycles. The Morgan fingerprint density at radius 2 is 1.76 bits per heavy atom. The van der Waals surface area contributed by atoms with Crippen LogP contribution in [0.25, 0.3) is 11.2 Å². The van der Waals surface area contributed by atoms with Crippen LogP contribution in [0.3, 0.4) is 0 Å². The van der Waals surface area contributed by atoms with E-state index in [0.717, 1.165) is 5.56 Å². The minimum atomic E-state index is -1.04. The highest BCUT2D eigenvalue weighted by molar-refractivity contribution is 6.38. The minimum absolute atomic E-state index is 0.0558. The topological polar surface area (TPSA) is 183 Å². The van der Waals surface area contributed by atoms with Crippen molar-refractivity contribution in [3.8, 4) is 0 Å². The number of rotatable bonds is 15. The number of amides is 3. The van der Waals surface area contributed by atoms with Gasteiger partial charge in [0.2, 0.25) is 11.7 Å². The Balaban J connectivity index is 1.50. The van der Waals surface area contributed by atoms with Gasteiger partial charge in [0, 0.05) is 13.1 Å². The Hall–Kier alpha value is -4.55. The highest BCUT2D eigenvalue weighted by Gasteiger charge is 2.29. The molecule has 0 saturated heterocycles. The molecular weight excluding hydrogens is 528 g/mol. The summed E-state index contributed by atoms with van der Waals surface area (Å²) in [5, 5.41) is 7.84. The number of ether oxygens (including phenoxy) is 1. The van der Waals surface area contributed by atoms with Crippen LogP contribution in [0.4, 0.5) is 10.6 Å². The normalized spacial score (nSPS) is 12.5. The van der Waals surface area contributed by atoms with E-state index in [1.807, 2.05) is 44.2 Å². The Morgan fingerprint density at radius 3 is 2.46 bits per heavy atom. The molecule has 0 radical (unpaired) electrons. The predicted octanol–water partition coefficient (Wildman–Crippen LogP) is 2.11. The summed E-state index contributed by atoms with van der Waals surface area (Å²) in [6.45, 7) is 6.46. The van der Waals surface area contributed by atoms with Crippen molar-refractivity contribution in [3.05, 3.63) is 48.5 Å². The molecule has 0 spiro atoms. The minimum Gasteiger partial charge on any atom is -0.445 e. The average Bonchev–Trinajstić information content (AvgIpc) is 3.39. The second kappa shape index (κ2) is 15.3. The van der Waals surface area contributed by atoms with E-state index in [1.165, 1.54) is 6.33 Å². The summed E-state index contributed by atoms with van der Waals surface area (Å²) < 4.78 is 7.05. The number of hydrogen-bond acceptors (Lipinski definition) is 9. The van der Waals surface area contributed by atoms with E-state index in [1.54, 1.807) is 17.8 Å². The lowest BCUT2D eigenvalue weighted by atomic mass is 10.0. The summed E-state index contributed by atoms with van der Waals surface area (Å²) in [7, 11) is 0. The first-order valence-electron chi connectivity index (χ1n) is 13.7. The van der Waals surface area contributed by atoms with E-state index < -0.39 is 35.8 Å². The number of nitrogen functional groups attached to an aromatic ring is 1. The Kier molecular flexibility index (Phi) is 11.6. The van der Waals surface area contributed by atoms with Crippen molar-refractivity contribution in [3.63, 3.8) is 0 Å². The number of carbonyl (C=O) groups excluding carboxylic acids is 4. The maximum atomic E-state index is 13.1. The van der Waals surface area contributed by atoms with Crippen LogP contribution in [0.2, 0.25) is 0 Å². The summed E-state index contributed by atoms with van der Waals surface area (Å²) in [6, 6.07) is 7.21. The fraction of sp³-hybridized carbons (Fsp3) is 0.464. The lowest BCUT2D eigenvalue weighted by molar-refractivity contribution is -0.140. The number of hydrogen-bond donors (Lipinski definition) is 4. The number of nitrogens with zero attached hydrogens (tertiary/aromatic N) is 4. The molecule has 2 aromatic heterocycles. The molecule has 5 N–H and O–H groups in total. The number of aromatic nitrogens is 4. The third-order valence-electron chi connectivity index (χ3n) is 6.41. The molecule has 0 bridgehead atoms. The number of nitrogens with two attached hydrogens (primary N) is 1. The van der Waals surface area contributed by atoms with Crippen molar-refractivity contribution >= 4 is 40.7 Å². The number of anilines is 1. The molecule has 2 heterocycles. The third-order valence-corrected chi connectivity index (χ3v) is 6.41. The van der Waals surface area contributed by atoms with E-state index >= 15 is 0 Å². The number of fused-ring (bicyclic) bond motifs is 1. The smallest absolute Gasteiger partial charge is 0.408 e. The Bertz CT molecular complexity index is 1330. The molecule has 13 nitrogen and oxygen atoms in total. The van der Waals surface area contributed by atoms with Gasteiger partial charge in [0.15, 0.2) is 11.5 Å². The highest BCUT2D eigenvalue weighted by atomic mass is 16.5. The molecule has 13 heteroatoms. The van der Waals surface area contributed by atoms with Crippen LogP contribution in [0.1, 0.15) is 52.0 Å². The molecule has 0 saturated carbocycles. The van der Waals surface area contributed by atoms with E-state index in [4.69, 9.17) is 10.5 Å². The van der Waals surface area contributed by atoms with Gasteiger partial charge in [-0.15, -0.1) is 0 Å². The van der Waals surface area contributed by atoms with Crippen molar-refractivity contribution in [2.75, 3.05) is 12.3 Å². The molecule has 3 rings (SSSR count). The van der Waals surface area contributed by atoms with Gasteiger partial charge in [-0.1, -0.05) is 51.1 Å². The summed E-state index contributed by atoms with van der Waals surface area (Å²) in [4.78, 5) is 63.2. The molecule has 0 fully saturated rings. The quantitative estimate of drug-likeness (QED) is 0.158. The number of aryl methyl sites for hydroxylation is 1. The van der Waals surface area contributed by atoms with Crippen molar-refractivity contribution in [2.24, 2.45) is 5.92 Å². The Labute approximate surface area is 238 Å². The monoisotopic (exact) mass is 566 g/mol. The van der Waals surface area contributed by atoms with Gasteiger partial charge in [0.25, 0.3) is 5.91 Å². The lowest BCUT2D eigenvalue weighted by Gasteiger charge is -2.22.